The lowest BCUT2D eigenvalue weighted by Gasteiger charge is -2.18. The Morgan fingerprint density at radius 1 is 1.43 bits per heavy atom. The van der Waals surface area contributed by atoms with Gasteiger partial charge >= 0.3 is 0 Å². The van der Waals surface area contributed by atoms with E-state index in [0.717, 1.165) is 6.54 Å². The average Bonchev–Trinajstić information content (AvgIpc) is 2.18. The molecular weight excluding hydrogens is 186 g/mol. The van der Waals surface area contributed by atoms with Crippen molar-refractivity contribution in [2.75, 3.05) is 35.8 Å². The quantitative estimate of drug-likeness (QED) is 0.388. The Bertz CT molecular complexity index is 388. The summed E-state index contributed by atoms with van der Waals surface area (Å²) >= 11 is 0. The number of H-pyrrole nitrogens is 1. The highest BCUT2D eigenvalue weighted by atomic mass is 16.3. The van der Waals surface area contributed by atoms with E-state index in [-0.39, 0.29) is 18.2 Å². The fourth-order valence-corrected chi connectivity index (χ4v) is 1.29. The lowest BCUT2D eigenvalue weighted by Crippen LogP contribution is -2.28. The summed E-state index contributed by atoms with van der Waals surface area (Å²) in [6.45, 7) is 1.15. The molecule has 76 valence electrons. The molecule has 0 atom stereocenters. The first kappa shape index (κ1) is 8.82. The highest BCUT2D eigenvalue weighted by Crippen LogP contribution is 2.17. The second-order valence-corrected chi connectivity index (χ2v) is 2.83. The molecule has 0 fully saturated rings. The summed E-state index contributed by atoms with van der Waals surface area (Å²) in [5.41, 5.74) is 0.192. The van der Waals surface area contributed by atoms with Crippen LogP contribution in [0.15, 0.2) is 4.79 Å². The first-order valence-electron chi connectivity index (χ1n) is 4.28. The largest absolute Gasteiger partial charge is 0.376 e. The molecule has 0 radical (unpaired) electrons. The summed E-state index contributed by atoms with van der Waals surface area (Å²) in [5, 5.41) is 17.1. The molecule has 0 unspecified atom stereocenters. The molecule has 5 N–H and O–H groups in total. The summed E-state index contributed by atoms with van der Waals surface area (Å²) in [5.74, 6) is 0.767. The van der Waals surface area contributed by atoms with Gasteiger partial charge in [-0.1, -0.05) is 0 Å². The Balaban J connectivity index is 2.41. The van der Waals surface area contributed by atoms with E-state index < -0.39 is 0 Å². The van der Waals surface area contributed by atoms with Crippen LogP contribution in [0, 0.1) is 0 Å². The predicted molar refractivity (Wildman–Crippen MR) is 52.5 cm³/mol. The van der Waals surface area contributed by atoms with E-state index in [1.807, 2.05) is 0 Å². The number of anilines is 3. The number of aliphatic hydroxyl groups excluding tert-OH is 1. The monoisotopic (exact) mass is 197 g/mol. The van der Waals surface area contributed by atoms with Crippen LogP contribution < -0.4 is 21.5 Å². The summed E-state index contributed by atoms with van der Waals surface area (Å²) < 4.78 is 0. The van der Waals surface area contributed by atoms with Gasteiger partial charge in [-0.3, -0.25) is 9.78 Å². The van der Waals surface area contributed by atoms with Crippen molar-refractivity contribution in [1.29, 1.82) is 0 Å². The van der Waals surface area contributed by atoms with Crippen LogP contribution in [0.3, 0.4) is 0 Å². The van der Waals surface area contributed by atoms with Crippen LogP contribution in [0.25, 0.3) is 0 Å². The Kier molecular flexibility index (Phi) is 2.23. The van der Waals surface area contributed by atoms with Gasteiger partial charge in [0.05, 0.1) is 0 Å². The first-order chi connectivity index (χ1) is 6.81. The van der Waals surface area contributed by atoms with Gasteiger partial charge in [0.1, 0.15) is 12.4 Å². The minimum atomic E-state index is -0.269. The van der Waals surface area contributed by atoms with Crippen LogP contribution in [0.1, 0.15) is 0 Å². The number of hydrogen-bond donors (Lipinski definition) is 5. The molecule has 14 heavy (non-hydrogen) atoms. The minimum Gasteiger partial charge on any atom is -0.376 e. The van der Waals surface area contributed by atoms with E-state index in [0.29, 0.717) is 18.1 Å². The molecule has 0 saturated carbocycles. The third kappa shape index (κ3) is 1.49. The van der Waals surface area contributed by atoms with Crippen LogP contribution in [-0.4, -0.2) is 34.9 Å². The fourth-order valence-electron chi connectivity index (χ4n) is 1.29. The summed E-state index contributed by atoms with van der Waals surface area (Å²) in [6, 6.07) is 0. The number of hydrogen-bond acceptors (Lipinski definition) is 6. The summed E-state index contributed by atoms with van der Waals surface area (Å²) in [4.78, 5) is 18.0. The zero-order valence-corrected chi connectivity index (χ0v) is 7.42. The maximum absolute atomic E-state index is 11.4. The molecule has 1 aromatic rings. The van der Waals surface area contributed by atoms with Crippen molar-refractivity contribution in [3.8, 4) is 0 Å². The molecular formula is C7H11N5O2. The molecule has 7 nitrogen and oxygen atoms in total. The van der Waals surface area contributed by atoms with Gasteiger partial charge in [-0.15, -0.1) is 0 Å². The molecule has 0 aromatic carbocycles. The predicted octanol–water partition coefficient (Wildman–Crippen LogP) is -1.03. The third-order valence-corrected chi connectivity index (χ3v) is 1.89. The van der Waals surface area contributed by atoms with Crippen molar-refractivity contribution in [3.63, 3.8) is 0 Å². The van der Waals surface area contributed by atoms with Crippen molar-refractivity contribution in [1.82, 2.24) is 9.97 Å². The number of nitrogens with zero attached hydrogens (tertiary/aromatic N) is 1. The van der Waals surface area contributed by atoms with Crippen LogP contribution in [0.2, 0.25) is 0 Å². The number of fused-ring (bicyclic) bond motifs is 1. The van der Waals surface area contributed by atoms with Gasteiger partial charge < -0.3 is 21.1 Å². The highest BCUT2D eigenvalue weighted by Gasteiger charge is 2.13. The molecule has 2 rings (SSSR count). The van der Waals surface area contributed by atoms with Crippen molar-refractivity contribution < 1.29 is 5.11 Å². The normalized spacial score (nSPS) is 13.8. The van der Waals surface area contributed by atoms with Gasteiger partial charge in [-0.25, -0.2) is 0 Å². The fraction of sp³-hybridized carbons (Fsp3) is 0.429. The lowest BCUT2D eigenvalue weighted by atomic mass is 10.3. The van der Waals surface area contributed by atoms with E-state index >= 15 is 0 Å². The van der Waals surface area contributed by atoms with E-state index in [1.165, 1.54) is 0 Å². The molecule has 0 spiro atoms. The van der Waals surface area contributed by atoms with Crippen LogP contribution >= 0.6 is 0 Å². The second-order valence-electron chi connectivity index (χ2n) is 2.83. The number of aliphatic hydroxyl groups is 1. The standard InChI is InChI=1S/C7H11N5O2/c13-3-10-7-11-5-4(6(14)12-7)8-1-2-9-5/h8,13H,1-3H2,(H3,9,10,11,12,14). The SMILES string of the molecule is O=c1[nH]c(NCO)nc2c1NCCN2. The number of aromatic nitrogens is 2. The van der Waals surface area contributed by atoms with E-state index in [9.17, 15) is 4.79 Å². The maximum Gasteiger partial charge on any atom is 0.277 e. The van der Waals surface area contributed by atoms with Gasteiger partial charge in [0.15, 0.2) is 5.82 Å². The lowest BCUT2D eigenvalue weighted by molar-refractivity contribution is 0.324. The molecule has 2 heterocycles. The van der Waals surface area contributed by atoms with Gasteiger partial charge in [-0.2, -0.15) is 4.98 Å². The first-order valence-corrected chi connectivity index (χ1v) is 4.28. The number of rotatable bonds is 2. The van der Waals surface area contributed by atoms with Gasteiger partial charge in [0.25, 0.3) is 5.56 Å². The van der Waals surface area contributed by atoms with Crippen LogP contribution in [-0.2, 0) is 0 Å². The van der Waals surface area contributed by atoms with Crippen LogP contribution in [0.5, 0.6) is 0 Å². The topological polar surface area (TPSA) is 102 Å². The zero-order valence-electron chi connectivity index (χ0n) is 7.42. The van der Waals surface area contributed by atoms with Crippen molar-refractivity contribution >= 4 is 17.5 Å². The summed E-state index contributed by atoms with van der Waals surface area (Å²) in [6.07, 6.45) is 0. The molecule has 7 heteroatoms. The Labute approximate surface area is 79.6 Å². The van der Waals surface area contributed by atoms with Gasteiger partial charge in [-0.05, 0) is 0 Å². The maximum atomic E-state index is 11.4. The third-order valence-electron chi connectivity index (χ3n) is 1.89. The van der Waals surface area contributed by atoms with Gasteiger partial charge in [0.2, 0.25) is 5.95 Å². The molecule has 0 aliphatic carbocycles. The van der Waals surface area contributed by atoms with Crippen molar-refractivity contribution in [3.05, 3.63) is 10.4 Å². The van der Waals surface area contributed by atoms with Crippen molar-refractivity contribution in [2.45, 2.75) is 0 Å². The summed E-state index contributed by atoms with van der Waals surface area (Å²) in [7, 11) is 0. The van der Waals surface area contributed by atoms with Crippen molar-refractivity contribution in [2.24, 2.45) is 0 Å². The number of aromatic amines is 1. The molecule has 1 aromatic heterocycles. The molecule has 1 aliphatic heterocycles. The van der Waals surface area contributed by atoms with Gasteiger partial charge in [0, 0.05) is 13.1 Å². The Morgan fingerprint density at radius 3 is 3.00 bits per heavy atom. The van der Waals surface area contributed by atoms with E-state index in [4.69, 9.17) is 5.11 Å². The number of nitrogens with one attached hydrogen (secondary N) is 4. The van der Waals surface area contributed by atoms with E-state index in [2.05, 4.69) is 25.9 Å². The Morgan fingerprint density at radius 2 is 2.21 bits per heavy atom. The smallest absolute Gasteiger partial charge is 0.277 e. The minimum absolute atomic E-state index is 0.252. The van der Waals surface area contributed by atoms with E-state index in [1.54, 1.807) is 0 Å². The molecule has 0 saturated heterocycles. The highest BCUT2D eigenvalue weighted by molar-refractivity contribution is 5.66. The zero-order chi connectivity index (χ0) is 9.97. The molecule has 0 amide bonds. The molecule has 0 bridgehead atoms. The second kappa shape index (κ2) is 3.54. The Hall–Kier alpha value is -1.76. The molecule has 1 aliphatic rings. The van der Waals surface area contributed by atoms with Crippen LogP contribution in [0.4, 0.5) is 17.5 Å². The average molecular weight is 197 g/mol.